The minimum absolute atomic E-state index is 0.0655. The van der Waals surface area contributed by atoms with E-state index in [1.165, 1.54) is 10.7 Å². The van der Waals surface area contributed by atoms with Gasteiger partial charge in [0, 0.05) is 18.1 Å². The van der Waals surface area contributed by atoms with Crippen LogP contribution in [-0.2, 0) is 4.79 Å². The summed E-state index contributed by atoms with van der Waals surface area (Å²) in [6.45, 7) is 0.672. The van der Waals surface area contributed by atoms with Gasteiger partial charge >= 0.3 is 0 Å². The molecule has 4 aromatic rings. The Morgan fingerprint density at radius 2 is 2.03 bits per heavy atom. The van der Waals surface area contributed by atoms with E-state index in [2.05, 4.69) is 30.7 Å². The number of amides is 1. The van der Waals surface area contributed by atoms with E-state index >= 15 is 0 Å². The van der Waals surface area contributed by atoms with E-state index in [9.17, 15) is 9.18 Å². The molecule has 3 aromatic heterocycles. The molecule has 0 unspecified atom stereocenters. The number of benzene rings is 1. The van der Waals surface area contributed by atoms with Crippen molar-refractivity contribution in [3.8, 4) is 11.4 Å². The Bertz CT molecular complexity index is 1220. The number of hydrogen-bond acceptors (Lipinski definition) is 6. The largest absolute Gasteiger partial charge is 0.354 e. The molecule has 4 heterocycles. The molecule has 0 radical (unpaired) electrons. The highest BCUT2D eigenvalue weighted by Gasteiger charge is 2.23. The van der Waals surface area contributed by atoms with Crippen molar-refractivity contribution in [2.24, 2.45) is 0 Å². The highest BCUT2D eigenvalue weighted by molar-refractivity contribution is 5.93. The lowest BCUT2D eigenvalue weighted by Gasteiger charge is -2.16. The van der Waals surface area contributed by atoms with E-state index in [1.54, 1.807) is 12.1 Å². The van der Waals surface area contributed by atoms with Gasteiger partial charge in [0.05, 0.1) is 11.1 Å². The molecule has 146 valence electrons. The van der Waals surface area contributed by atoms with Crippen LogP contribution in [0.15, 0.2) is 42.6 Å². The molecule has 29 heavy (non-hydrogen) atoms. The Kier molecular flexibility index (Phi) is 4.27. The van der Waals surface area contributed by atoms with E-state index in [1.807, 2.05) is 24.3 Å². The van der Waals surface area contributed by atoms with Crippen LogP contribution in [-0.4, -0.2) is 43.1 Å². The molecule has 1 saturated heterocycles. The molecule has 1 aromatic carbocycles. The minimum atomic E-state index is -0.640. The van der Waals surface area contributed by atoms with Crippen molar-refractivity contribution in [2.75, 3.05) is 11.9 Å². The molecule has 5 rings (SSSR count). The SMILES string of the molecule is O=C1NCCCC[C@H]1Nc1nc2ccccc2c2nc(-c3cccnc3F)nn12. The number of para-hydroxylation sites is 1. The van der Waals surface area contributed by atoms with Gasteiger partial charge in [-0.3, -0.25) is 4.79 Å². The lowest BCUT2D eigenvalue weighted by Crippen LogP contribution is -2.38. The third kappa shape index (κ3) is 3.14. The van der Waals surface area contributed by atoms with Crippen LogP contribution in [0, 0.1) is 5.95 Å². The molecule has 2 N–H and O–H groups in total. The molecule has 9 heteroatoms. The zero-order valence-electron chi connectivity index (χ0n) is 15.5. The Hall–Kier alpha value is -3.62. The van der Waals surface area contributed by atoms with Gasteiger partial charge in [0.25, 0.3) is 0 Å². The molecule has 0 aliphatic carbocycles. The first-order valence-electron chi connectivity index (χ1n) is 9.51. The number of rotatable bonds is 3. The summed E-state index contributed by atoms with van der Waals surface area (Å²) in [5.41, 5.74) is 1.45. The van der Waals surface area contributed by atoms with Crippen molar-refractivity contribution in [1.29, 1.82) is 0 Å². The van der Waals surface area contributed by atoms with Crippen molar-refractivity contribution in [2.45, 2.75) is 25.3 Å². The Morgan fingerprint density at radius 1 is 1.14 bits per heavy atom. The fourth-order valence-electron chi connectivity index (χ4n) is 3.55. The predicted octanol–water partition coefficient (Wildman–Crippen LogP) is 2.56. The van der Waals surface area contributed by atoms with E-state index < -0.39 is 12.0 Å². The molecule has 1 aliphatic heterocycles. The summed E-state index contributed by atoms with van der Waals surface area (Å²) in [5, 5.41) is 11.4. The lowest BCUT2D eigenvalue weighted by molar-refractivity contribution is -0.121. The summed E-state index contributed by atoms with van der Waals surface area (Å²) >= 11 is 0. The summed E-state index contributed by atoms with van der Waals surface area (Å²) in [7, 11) is 0. The molecule has 0 bridgehead atoms. The molecule has 8 nitrogen and oxygen atoms in total. The summed E-state index contributed by atoms with van der Waals surface area (Å²) in [6, 6.07) is 10.3. The second-order valence-electron chi connectivity index (χ2n) is 6.95. The van der Waals surface area contributed by atoms with Crippen LogP contribution in [0.2, 0.25) is 0 Å². The maximum absolute atomic E-state index is 14.2. The van der Waals surface area contributed by atoms with Crippen molar-refractivity contribution < 1.29 is 9.18 Å². The number of nitrogens with zero attached hydrogens (tertiary/aromatic N) is 5. The predicted molar refractivity (Wildman–Crippen MR) is 106 cm³/mol. The highest BCUT2D eigenvalue weighted by Crippen LogP contribution is 2.25. The molecule has 1 atom stereocenters. The van der Waals surface area contributed by atoms with Crippen LogP contribution in [0.25, 0.3) is 27.9 Å². The smallest absolute Gasteiger partial charge is 0.242 e. The molecule has 1 aliphatic rings. The number of anilines is 1. The fraction of sp³-hybridized carbons (Fsp3) is 0.250. The summed E-state index contributed by atoms with van der Waals surface area (Å²) < 4.78 is 15.7. The lowest BCUT2D eigenvalue weighted by atomic mass is 10.1. The molecule has 0 saturated carbocycles. The Labute approximate surface area is 165 Å². The monoisotopic (exact) mass is 391 g/mol. The standard InChI is InChI=1S/C20H18FN7O/c21-16-13(7-5-11-22-16)17-26-18-12-6-1-2-8-14(12)24-20(28(18)27-17)25-15-9-3-4-10-23-19(15)29/h1-2,5-8,11,15H,3-4,9-10H2,(H,23,29)(H,24,25)/t15-/m1/s1. The number of pyridine rings is 1. The first-order chi connectivity index (χ1) is 14.2. The van der Waals surface area contributed by atoms with Gasteiger partial charge in [-0.25, -0.2) is 15.0 Å². The average Bonchev–Trinajstić information content (AvgIpc) is 3.08. The third-order valence-corrected chi connectivity index (χ3v) is 5.02. The zero-order chi connectivity index (χ0) is 19.8. The van der Waals surface area contributed by atoms with Crippen LogP contribution in [0.5, 0.6) is 0 Å². The normalized spacial score (nSPS) is 17.3. The summed E-state index contributed by atoms with van der Waals surface area (Å²) in [4.78, 5) is 25.3. The summed E-state index contributed by atoms with van der Waals surface area (Å²) in [5.74, 6) is -0.103. The number of hydrogen-bond donors (Lipinski definition) is 2. The van der Waals surface area contributed by atoms with E-state index in [-0.39, 0.29) is 17.3 Å². The number of halogens is 1. The Morgan fingerprint density at radius 3 is 2.93 bits per heavy atom. The Balaban J connectivity index is 1.68. The fourth-order valence-corrected chi connectivity index (χ4v) is 3.55. The second kappa shape index (κ2) is 7.08. The van der Waals surface area contributed by atoms with Crippen LogP contribution in [0.1, 0.15) is 19.3 Å². The number of carbonyl (C=O) groups excluding carboxylic acids is 1. The quantitative estimate of drug-likeness (QED) is 0.521. The van der Waals surface area contributed by atoms with Gasteiger partial charge in [0.15, 0.2) is 11.5 Å². The molecule has 1 fully saturated rings. The zero-order valence-corrected chi connectivity index (χ0v) is 15.5. The molecular weight excluding hydrogens is 373 g/mol. The minimum Gasteiger partial charge on any atom is -0.354 e. The van der Waals surface area contributed by atoms with Gasteiger partial charge in [-0.05, 0) is 43.5 Å². The van der Waals surface area contributed by atoms with E-state index in [4.69, 9.17) is 0 Å². The first-order valence-corrected chi connectivity index (χ1v) is 9.51. The van der Waals surface area contributed by atoms with Gasteiger partial charge in [-0.1, -0.05) is 12.1 Å². The topological polar surface area (TPSA) is 97.1 Å². The van der Waals surface area contributed by atoms with Gasteiger partial charge in [0.2, 0.25) is 17.8 Å². The number of carbonyl (C=O) groups is 1. The number of aromatic nitrogens is 5. The average molecular weight is 391 g/mol. The van der Waals surface area contributed by atoms with Gasteiger partial charge < -0.3 is 10.6 Å². The van der Waals surface area contributed by atoms with E-state index in [0.29, 0.717) is 30.1 Å². The van der Waals surface area contributed by atoms with Gasteiger partial charge in [0.1, 0.15) is 6.04 Å². The van der Waals surface area contributed by atoms with E-state index in [0.717, 1.165) is 18.2 Å². The van der Waals surface area contributed by atoms with Crippen molar-refractivity contribution >= 4 is 28.4 Å². The number of fused-ring (bicyclic) bond motifs is 3. The molecule has 1 amide bonds. The van der Waals surface area contributed by atoms with Crippen molar-refractivity contribution in [3.05, 3.63) is 48.5 Å². The van der Waals surface area contributed by atoms with Gasteiger partial charge in [-0.2, -0.15) is 8.91 Å². The maximum Gasteiger partial charge on any atom is 0.242 e. The third-order valence-electron chi connectivity index (χ3n) is 5.02. The summed E-state index contributed by atoms with van der Waals surface area (Å²) in [6.07, 6.45) is 3.94. The number of nitrogens with one attached hydrogen (secondary N) is 2. The highest BCUT2D eigenvalue weighted by atomic mass is 19.1. The first kappa shape index (κ1) is 17.5. The van der Waals surface area contributed by atoms with Crippen LogP contribution in [0.3, 0.4) is 0 Å². The van der Waals surface area contributed by atoms with Crippen LogP contribution < -0.4 is 10.6 Å². The van der Waals surface area contributed by atoms with Gasteiger partial charge in [-0.15, -0.1) is 5.10 Å². The molecular formula is C20H18FN7O. The maximum atomic E-state index is 14.2. The molecule has 0 spiro atoms. The van der Waals surface area contributed by atoms with Crippen LogP contribution in [0.4, 0.5) is 10.3 Å². The second-order valence-corrected chi connectivity index (χ2v) is 6.95. The van der Waals surface area contributed by atoms with Crippen molar-refractivity contribution in [1.82, 2.24) is 29.9 Å². The van der Waals surface area contributed by atoms with Crippen molar-refractivity contribution in [3.63, 3.8) is 0 Å². The van der Waals surface area contributed by atoms with Crippen LogP contribution >= 0.6 is 0 Å².